The highest BCUT2D eigenvalue weighted by atomic mass is 16.2. The fraction of sp³-hybridized carbons (Fsp3) is 0.556. The summed E-state index contributed by atoms with van der Waals surface area (Å²) in [5.41, 5.74) is 2.53. The van der Waals surface area contributed by atoms with Gasteiger partial charge in [0.05, 0.1) is 17.9 Å². The Balaban J connectivity index is 1.47. The number of piperidine rings is 1. The molecule has 4 heterocycles. The predicted molar refractivity (Wildman–Crippen MR) is 104 cm³/mol. The summed E-state index contributed by atoms with van der Waals surface area (Å²) in [7, 11) is 1.88. The topological polar surface area (TPSA) is 100 Å². The number of likely N-dealkylation sites (N-methyl/N-ethyl adjacent to an activating group) is 1. The molecule has 0 bridgehead atoms. The number of fused-ring (bicyclic) bond motifs is 1. The Labute approximate surface area is 158 Å². The monoisotopic (exact) mass is 370 g/mol. The number of aromatic nitrogens is 4. The van der Waals surface area contributed by atoms with Gasteiger partial charge in [0, 0.05) is 25.4 Å². The van der Waals surface area contributed by atoms with Crippen LogP contribution in [0.15, 0.2) is 12.4 Å². The van der Waals surface area contributed by atoms with Gasteiger partial charge in [-0.1, -0.05) is 0 Å². The van der Waals surface area contributed by atoms with Crippen molar-refractivity contribution >= 4 is 23.4 Å². The second-order valence-electron chi connectivity index (χ2n) is 7.27. The first-order chi connectivity index (χ1) is 13.0. The molecule has 9 nitrogen and oxygen atoms in total. The van der Waals surface area contributed by atoms with Crippen molar-refractivity contribution in [3.8, 4) is 0 Å². The SMILES string of the molecule is Cc1nc(NCc2cnn(C3CCNCC3)c2)nc2c1NC(=O)[C@H](C)N2C. The van der Waals surface area contributed by atoms with Gasteiger partial charge < -0.3 is 20.9 Å². The average Bonchev–Trinajstić information content (AvgIpc) is 3.15. The van der Waals surface area contributed by atoms with Crippen LogP contribution in [0.3, 0.4) is 0 Å². The summed E-state index contributed by atoms with van der Waals surface area (Å²) in [5, 5.41) is 14.1. The largest absolute Gasteiger partial charge is 0.350 e. The lowest BCUT2D eigenvalue weighted by atomic mass is 10.1. The van der Waals surface area contributed by atoms with Crippen molar-refractivity contribution in [3.63, 3.8) is 0 Å². The molecule has 2 aromatic heterocycles. The van der Waals surface area contributed by atoms with Crippen molar-refractivity contribution in [3.05, 3.63) is 23.7 Å². The average molecular weight is 370 g/mol. The maximum absolute atomic E-state index is 12.0. The van der Waals surface area contributed by atoms with Gasteiger partial charge >= 0.3 is 0 Å². The molecule has 0 aromatic carbocycles. The minimum Gasteiger partial charge on any atom is -0.350 e. The summed E-state index contributed by atoms with van der Waals surface area (Å²) in [6.07, 6.45) is 6.22. The maximum Gasteiger partial charge on any atom is 0.246 e. The lowest BCUT2D eigenvalue weighted by Gasteiger charge is -2.32. The van der Waals surface area contributed by atoms with Gasteiger partial charge in [0.1, 0.15) is 11.7 Å². The van der Waals surface area contributed by atoms with Gasteiger partial charge in [-0.3, -0.25) is 9.48 Å². The van der Waals surface area contributed by atoms with Crippen molar-refractivity contribution < 1.29 is 4.79 Å². The van der Waals surface area contributed by atoms with Gasteiger partial charge in [0.15, 0.2) is 5.82 Å². The zero-order valence-electron chi connectivity index (χ0n) is 16.0. The summed E-state index contributed by atoms with van der Waals surface area (Å²) in [5.74, 6) is 1.25. The molecule has 27 heavy (non-hydrogen) atoms. The van der Waals surface area contributed by atoms with E-state index in [1.54, 1.807) is 0 Å². The van der Waals surface area contributed by atoms with Crippen LogP contribution in [0.25, 0.3) is 0 Å². The highest BCUT2D eigenvalue weighted by Gasteiger charge is 2.30. The summed E-state index contributed by atoms with van der Waals surface area (Å²) in [6.45, 7) is 6.43. The summed E-state index contributed by atoms with van der Waals surface area (Å²) in [6, 6.07) is 0.212. The smallest absolute Gasteiger partial charge is 0.246 e. The van der Waals surface area contributed by atoms with Crippen molar-refractivity contribution in [1.82, 2.24) is 25.1 Å². The molecule has 2 aliphatic heterocycles. The number of nitrogens with zero attached hydrogens (tertiary/aromatic N) is 5. The molecule has 144 valence electrons. The number of carbonyl (C=O) groups excluding carboxylic acids is 1. The number of aryl methyl sites for hydroxylation is 1. The molecule has 0 radical (unpaired) electrons. The van der Waals surface area contributed by atoms with Gasteiger partial charge in [-0.15, -0.1) is 0 Å². The number of nitrogens with one attached hydrogen (secondary N) is 3. The van der Waals surface area contributed by atoms with Crippen molar-refractivity contribution in [2.45, 2.75) is 45.3 Å². The van der Waals surface area contributed by atoms with Crippen molar-refractivity contribution in [2.24, 2.45) is 0 Å². The highest BCUT2D eigenvalue weighted by Crippen LogP contribution is 2.32. The minimum absolute atomic E-state index is 0.0391. The fourth-order valence-corrected chi connectivity index (χ4v) is 3.55. The van der Waals surface area contributed by atoms with Crippen LogP contribution in [0.2, 0.25) is 0 Å². The van der Waals surface area contributed by atoms with E-state index in [0.29, 0.717) is 24.2 Å². The first kappa shape index (κ1) is 17.7. The zero-order valence-corrected chi connectivity index (χ0v) is 16.0. The van der Waals surface area contributed by atoms with Crippen LogP contribution in [0, 0.1) is 6.92 Å². The number of hydrogen-bond donors (Lipinski definition) is 3. The Kier molecular flexibility index (Phi) is 4.69. The number of anilines is 3. The predicted octanol–water partition coefficient (Wildman–Crippen LogP) is 1.29. The first-order valence-electron chi connectivity index (χ1n) is 9.43. The van der Waals surface area contributed by atoms with Crippen LogP contribution < -0.4 is 20.9 Å². The summed E-state index contributed by atoms with van der Waals surface area (Å²) >= 11 is 0. The molecule has 1 atom stereocenters. The number of carbonyl (C=O) groups is 1. The molecular formula is C18H26N8O. The summed E-state index contributed by atoms with van der Waals surface area (Å²) in [4.78, 5) is 23.0. The van der Waals surface area contributed by atoms with Crippen LogP contribution in [0.1, 0.15) is 37.1 Å². The standard InChI is InChI=1S/C18H26N8O/c1-11-15-16(25(3)12(2)17(27)23-15)24-18(22-11)20-8-13-9-21-26(10-13)14-4-6-19-7-5-14/h9-10,12,14,19H,4-8H2,1-3H3,(H,23,27)(H,20,22,24)/t12-/m0/s1. The van der Waals surface area contributed by atoms with E-state index in [0.717, 1.165) is 43.0 Å². The molecule has 9 heteroatoms. The third-order valence-corrected chi connectivity index (χ3v) is 5.40. The highest BCUT2D eigenvalue weighted by molar-refractivity contribution is 6.03. The number of hydrogen-bond acceptors (Lipinski definition) is 7. The lowest BCUT2D eigenvalue weighted by Crippen LogP contribution is -2.44. The first-order valence-corrected chi connectivity index (χ1v) is 9.43. The molecule has 0 spiro atoms. The van der Waals surface area contributed by atoms with E-state index in [1.165, 1.54) is 0 Å². The van der Waals surface area contributed by atoms with E-state index in [-0.39, 0.29) is 11.9 Å². The van der Waals surface area contributed by atoms with Gasteiger partial charge in [0.25, 0.3) is 0 Å². The Bertz CT molecular complexity index is 842. The normalized spacial score (nSPS) is 20.3. The van der Waals surface area contributed by atoms with Gasteiger partial charge in [-0.05, 0) is 39.8 Å². The Hall–Kier alpha value is -2.68. The van der Waals surface area contributed by atoms with E-state index < -0.39 is 0 Å². The third kappa shape index (κ3) is 3.46. The molecule has 0 saturated carbocycles. The number of rotatable bonds is 4. The lowest BCUT2D eigenvalue weighted by molar-refractivity contribution is -0.117. The van der Waals surface area contributed by atoms with Gasteiger partial charge in [-0.25, -0.2) is 4.98 Å². The van der Waals surface area contributed by atoms with Gasteiger partial charge in [0.2, 0.25) is 11.9 Å². The molecule has 4 rings (SSSR count). The van der Waals surface area contributed by atoms with E-state index in [2.05, 4.69) is 41.9 Å². The Morgan fingerprint density at radius 2 is 2.07 bits per heavy atom. The Morgan fingerprint density at radius 3 is 2.85 bits per heavy atom. The second kappa shape index (κ2) is 7.15. The fourth-order valence-electron chi connectivity index (χ4n) is 3.55. The molecule has 3 N–H and O–H groups in total. The van der Waals surface area contributed by atoms with Crippen LogP contribution in [0.5, 0.6) is 0 Å². The molecule has 2 aromatic rings. The molecule has 2 aliphatic rings. The number of amides is 1. The van der Waals surface area contributed by atoms with Crippen LogP contribution in [-0.4, -0.2) is 51.8 Å². The van der Waals surface area contributed by atoms with E-state index in [4.69, 9.17) is 0 Å². The van der Waals surface area contributed by atoms with Crippen LogP contribution in [-0.2, 0) is 11.3 Å². The molecule has 0 unspecified atom stereocenters. The minimum atomic E-state index is -0.261. The van der Waals surface area contributed by atoms with Crippen molar-refractivity contribution in [1.29, 1.82) is 0 Å². The molecule has 1 fully saturated rings. The molecule has 1 amide bonds. The van der Waals surface area contributed by atoms with Gasteiger partial charge in [-0.2, -0.15) is 10.1 Å². The zero-order chi connectivity index (χ0) is 19.0. The Morgan fingerprint density at radius 1 is 1.30 bits per heavy atom. The van der Waals surface area contributed by atoms with E-state index in [9.17, 15) is 4.79 Å². The molecule has 1 saturated heterocycles. The van der Waals surface area contributed by atoms with E-state index in [1.807, 2.05) is 32.0 Å². The third-order valence-electron chi connectivity index (χ3n) is 5.40. The quantitative estimate of drug-likeness (QED) is 0.746. The summed E-state index contributed by atoms with van der Waals surface area (Å²) < 4.78 is 2.07. The van der Waals surface area contributed by atoms with E-state index >= 15 is 0 Å². The second-order valence-corrected chi connectivity index (χ2v) is 7.27. The van der Waals surface area contributed by atoms with Crippen molar-refractivity contribution in [2.75, 3.05) is 35.7 Å². The van der Waals surface area contributed by atoms with Crippen LogP contribution in [0.4, 0.5) is 17.5 Å². The molecular weight excluding hydrogens is 344 g/mol. The maximum atomic E-state index is 12.0. The van der Waals surface area contributed by atoms with Crippen LogP contribution >= 0.6 is 0 Å². The molecule has 0 aliphatic carbocycles.